The minimum Gasteiger partial charge on any atom is -0.507 e. The molecular formula is C18H17BrCl2N2O4. The van der Waals surface area contributed by atoms with E-state index in [1.807, 2.05) is 20.8 Å². The Hall–Kier alpha value is -1.83. The first-order chi connectivity index (χ1) is 12.3. The molecule has 0 bridgehead atoms. The molecule has 6 nitrogen and oxygen atoms in total. The van der Waals surface area contributed by atoms with Crippen LogP contribution in [0.5, 0.6) is 5.75 Å². The van der Waals surface area contributed by atoms with Crippen LogP contribution in [0, 0.1) is 17.0 Å². The molecule has 0 unspecified atom stereocenters. The number of nitro groups is 1. The fourth-order valence-corrected chi connectivity index (χ4v) is 3.55. The van der Waals surface area contributed by atoms with Gasteiger partial charge in [-0.3, -0.25) is 14.9 Å². The Morgan fingerprint density at radius 2 is 1.85 bits per heavy atom. The highest BCUT2D eigenvalue weighted by Crippen LogP contribution is 2.40. The molecule has 2 aromatic carbocycles. The van der Waals surface area contributed by atoms with Crippen LogP contribution in [0.25, 0.3) is 0 Å². The highest BCUT2D eigenvalue weighted by atomic mass is 79.9. The number of nitrogens with zero attached hydrogens (tertiary/aromatic N) is 1. The van der Waals surface area contributed by atoms with Gasteiger partial charge in [-0.1, -0.05) is 59.9 Å². The van der Waals surface area contributed by atoms with Gasteiger partial charge in [0, 0.05) is 21.1 Å². The van der Waals surface area contributed by atoms with E-state index < -0.39 is 21.9 Å². The topological polar surface area (TPSA) is 92.5 Å². The van der Waals surface area contributed by atoms with Gasteiger partial charge in [0.15, 0.2) is 0 Å². The lowest BCUT2D eigenvalue weighted by Gasteiger charge is -2.23. The molecule has 0 atom stereocenters. The highest BCUT2D eigenvalue weighted by Gasteiger charge is 2.28. The van der Waals surface area contributed by atoms with Crippen molar-refractivity contribution in [2.45, 2.75) is 33.1 Å². The van der Waals surface area contributed by atoms with Crippen LogP contribution in [0.2, 0.25) is 10.0 Å². The van der Waals surface area contributed by atoms with Gasteiger partial charge in [-0.05, 0) is 30.0 Å². The smallest absolute Gasteiger partial charge is 0.295 e. The number of halogens is 3. The number of benzene rings is 2. The summed E-state index contributed by atoms with van der Waals surface area (Å²) in [4.78, 5) is 23.5. The summed E-state index contributed by atoms with van der Waals surface area (Å²) < 4.78 is 0.632. The van der Waals surface area contributed by atoms with Gasteiger partial charge in [-0.25, -0.2) is 0 Å². The molecule has 0 spiro atoms. The first kappa shape index (κ1) is 21.5. The van der Waals surface area contributed by atoms with E-state index in [-0.39, 0.29) is 27.0 Å². The molecule has 0 fully saturated rings. The number of hydrogen-bond acceptors (Lipinski definition) is 4. The third kappa shape index (κ3) is 4.36. The summed E-state index contributed by atoms with van der Waals surface area (Å²) in [7, 11) is 0. The zero-order chi connectivity index (χ0) is 20.7. The van der Waals surface area contributed by atoms with Crippen molar-refractivity contribution in [1.29, 1.82) is 0 Å². The largest absolute Gasteiger partial charge is 0.507 e. The second-order valence-corrected chi connectivity index (χ2v) is 8.70. The van der Waals surface area contributed by atoms with Crippen LogP contribution in [0.1, 0.15) is 42.3 Å². The molecule has 0 aliphatic heterocycles. The van der Waals surface area contributed by atoms with Crippen molar-refractivity contribution in [1.82, 2.24) is 0 Å². The fourth-order valence-electron chi connectivity index (χ4n) is 2.59. The molecule has 2 aromatic rings. The number of anilines is 1. The summed E-state index contributed by atoms with van der Waals surface area (Å²) >= 11 is 15.3. The Morgan fingerprint density at radius 1 is 1.26 bits per heavy atom. The van der Waals surface area contributed by atoms with Gasteiger partial charge in [0.1, 0.15) is 11.4 Å². The number of aromatic hydroxyl groups is 1. The monoisotopic (exact) mass is 474 g/mol. The number of phenolic OH excluding ortho intramolecular Hbond substituents is 1. The van der Waals surface area contributed by atoms with Gasteiger partial charge < -0.3 is 10.4 Å². The Balaban J connectivity index is 2.62. The molecule has 9 heteroatoms. The van der Waals surface area contributed by atoms with E-state index in [4.69, 9.17) is 23.2 Å². The normalized spacial score (nSPS) is 11.4. The van der Waals surface area contributed by atoms with E-state index in [2.05, 4.69) is 21.2 Å². The third-order valence-corrected chi connectivity index (χ3v) is 5.34. The molecule has 2 rings (SSSR count). The van der Waals surface area contributed by atoms with Crippen LogP contribution in [-0.4, -0.2) is 15.9 Å². The minimum absolute atomic E-state index is 0.00890. The molecule has 27 heavy (non-hydrogen) atoms. The number of nitrogens with one attached hydrogen (secondary N) is 1. The summed E-state index contributed by atoms with van der Waals surface area (Å²) in [6.07, 6.45) is 0. The lowest BCUT2D eigenvalue weighted by atomic mass is 9.84. The zero-order valence-corrected chi connectivity index (χ0v) is 18.1. The standard InChI is InChI=1S/C18H17BrCl2N2O4/c1-8-11(19)7-10(18(2,3)4)16(24)14(8)17(25)22-15-12(21)5-9(20)6-13(15)23(26)27/h5-7,24H,1-4H3,(H,22,25). The van der Waals surface area contributed by atoms with E-state index in [0.29, 0.717) is 15.6 Å². The maximum absolute atomic E-state index is 12.9. The molecule has 0 radical (unpaired) electrons. The van der Waals surface area contributed by atoms with Crippen molar-refractivity contribution < 1.29 is 14.8 Å². The van der Waals surface area contributed by atoms with E-state index in [1.54, 1.807) is 13.0 Å². The second kappa shape index (κ2) is 7.66. The number of carbonyl (C=O) groups excluding carboxylic acids is 1. The summed E-state index contributed by atoms with van der Waals surface area (Å²) in [5.41, 5.74) is -0.00226. The van der Waals surface area contributed by atoms with Gasteiger partial charge in [0.05, 0.1) is 15.5 Å². The van der Waals surface area contributed by atoms with Crippen LogP contribution in [-0.2, 0) is 5.41 Å². The fraction of sp³-hybridized carbons (Fsp3) is 0.278. The number of amides is 1. The molecule has 0 saturated heterocycles. The number of phenols is 1. The van der Waals surface area contributed by atoms with E-state index in [9.17, 15) is 20.0 Å². The van der Waals surface area contributed by atoms with E-state index in [1.165, 1.54) is 6.07 Å². The molecule has 0 heterocycles. The summed E-state index contributed by atoms with van der Waals surface area (Å²) in [5.74, 6) is -0.905. The Kier molecular flexibility index (Phi) is 6.09. The zero-order valence-electron chi connectivity index (χ0n) is 15.0. The van der Waals surface area contributed by atoms with Crippen molar-refractivity contribution in [3.05, 3.63) is 59.5 Å². The van der Waals surface area contributed by atoms with Gasteiger partial charge in [0.2, 0.25) is 0 Å². The SMILES string of the molecule is Cc1c(Br)cc(C(C)(C)C)c(O)c1C(=O)Nc1c(Cl)cc(Cl)cc1[N+](=O)[O-]. The first-order valence-corrected chi connectivity index (χ1v) is 9.36. The van der Waals surface area contributed by atoms with Crippen molar-refractivity contribution in [2.24, 2.45) is 0 Å². The second-order valence-electron chi connectivity index (χ2n) is 7.00. The lowest BCUT2D eigenvalue weighted by molar-refractivity contribution is -0.383. The van der Waals surface area contributed by atoms with Gasteiger partial charge in [-0.15, -0.1) is 0 Å². The van der Waals surface area contributed by atoms with Crippen LogP contribution >= 0.6 is 39.1 Å². The van der Waals surface area contributed by atoms with Crippen molar-refractivity contribution >= 4 is 56.4 Å². The predicted molar refractivity (Wildman–Crippen MR) is 110 cm³/mol. The molecule has 0 aliphatic carbocycles. The maximum atomic E-state index is 12.9. The Bertz CT molecular complexity index is 956. The Labute approximate surface area is 174 Å². The molecule has 0 saturated carbocycles. The van der Waals surface area contributed by atoms with Crippen molar-refractivity contribution in [2.75, 3.05) is 5.32 Å². The molecule has 0 aliphatic rings. The van der Waals surface area contributed by atoms with Gasteiger partial charge in [0.25, 0.3) is 11.6 Å². The summed E-state index contributed by atoms with van der Waals surface area (Å²) in [5, 5.41) is 24.4. The summed E-state index contributed by atoms with van der Waals surface area (Å²) in [6, 6.07) is 4.14. The molecule has 144 valence electrons. The highest BCUT2D eigenvalue weighted by molar-refractivity contribution is 9.10. The predicted octanol–water partition coefficient (Wildman–Crippen LogP) is 6.23. The van der Waals surface area contributed by atoms with Gasteiger partial charge in [-0.2, -0.15) is 0 Å². The number of carbonyl (C=O) groups is 1. The molecule has 1 amide bonds. The van der Waals surface area contributed by atoms with Crippen LogP contribution in [0.3, 0.4) is 0 Å². The van der Waals surface area contributed by atoms with Gasteiger partial charge >= 0.3 is 0 Å². The third-order valence-electron chi connectivity index (χ3n) is 4.00. The molecular weight excluding hydrogens is 459 g/mol. The average Bonchev–Trinajstić information content (AvgIpc) is 2.52. The maximum Gasteiger partial charge on any atom is 0.295 e. The number of nitro benzene ring substituents is 1. The van der Waals surface area contributed by atoms with Crippen LogP contribution in [0.15, 0.2) is 22.7 Å². The Morgan fingerprint density at radius 3 is 2.37 bits per heavy atom. The number of rotatable bonds is 3. The quantitative estimate of drug-likeness (QED) is 0.406. The van der Waals surface area contributed by atoms with E-state index in [0.717, 1.165) is 6.07 Å². The average molecular weight is 476 g/mol. The van der Waals surface area contributed by atoms with E-state index >= 15 is 0 Å². The summed E-state index contributed by atoms with van der Waals surface area (Å²) in [6.45, 7) is 7.34. The first-order valence-electron chi connectivity index (χ1n) is 7.82. The molecule has 0 aromatic heterocycles. The van der Waals surface area contributed by atoms with Crippen LogP contribution in [0.4, 0.5) is 11.4 Å². The molecule has 2 N–H and O–H groups in total. The van der Waals surface area contributed by atoms with Crippen molar-refractivity contribution in [3.63, 3.8) is 0 Å². The van der Waals surface area contributed by atoms with Crippen LogP contribution < -0.4 is 5.32 Å². The lowest BCUT2D eigenvalue weighted by Crippen LogP contribution is -2.19. The van der Waals surface area contributed by atoms with Crippen molar-refractivity contribution in [3.8, 4) is 5.75 Å². The minimum atomic E-state index is -0.718. The number of hydrogen-bond donors (Lipinski definition) is 2.